The van der Waals surface area contributed by atoms with Crippen molar-refractivity contribution in [3.8, 4) is 0 Å². The average Bonchev–Trinajstić information content (AvgIpc) is 0.785. The Morgan fingerprint density at radius 3 is 0.711 bits per heavy atom. The summed E-state index contributed by atoms with van der Waals surface area (Å²) >= 11 is 2.32. The van der Waals surface area contributed by atoms with E-state index in [9.17, 15) is 33.6 Å². The number of ether oxygens (including phenoxy) is 6. The van der Waals surface area contributed by atoms with Gasteiger partial charge in [-0.25, -0.2) is 19.2 Å². The molecule has 128 heavy (non-hydrogen) atoms. The highest BCUT2D eigenvalue weighted by molar-refractivity contribution is 14.2. The van der Waals surface area contributed by atoms with Gasteiger partial charge in [0.2, 0.25) is 0 Å². The number of benzene rings is 13. The van der Waals surface area contributed by atoms with Gasteiger partial charge in [-0.3, -0.25) is 24.2 Å². The lowest BCUT2D eigenvalue weighted by molar-refractivity contribution is -0.173. The molecule has 2 heterocycles. The molecule has 1 unspecified atom stereocenters. The van der Waals surface area contributed by atoms with Crippen LogP contribution >= 0.6 is 52.0 Å². The van der Waals surface area contributed by atoms with E-state index in [0.29, 0.717) is 5.57 Å². The molecular weight excluding hydrogens is 1780 g/mol. The zero-order valence-corrected chi connectivity index (χ0v) is 79.0. The Bertz CT molecular complexity index is 4790. The maximum absolute atomic E-state index is 13.2. The molecule has 5 atom stereocenters. The predicted molar refractivity (Wildman–Crippen MR) is 532 cm³/mol. The average molecular weight is 1890 g/mol. The zero-order valence-electron chi connectivity index (χ0n) is 73.1. The molecule has 13 aromatic carbocycles. The van der Waals surface area contributed by atoms with Crippen molar-refractivity contribution in [1.82, 2.24) is 9.80 Å². The first-order valence-electron chi connectivity index (χ1n) is 42.2. The Morgan fingerprint density at radius 2 is 0.500 bits per heavy atom. The molecule has 2 fully saturated rings. The van der Waals surface area contributed by atoms with Crippen LogP contribution in [0.2, 0.25) is 0 Å². The summed E-state index contributed by atoms with van der Waals surface area (Å²) in [4.78, 5) is 93.0. The molecule has 2 aliphatic heterocycles. The van der Waals surface area contributed by atoms with Crippen LogP contribution in [0.3, 0.4) is 0 Å². The monoisotopic (exact) mass is 1890 g/mol. The van der Waals surface area contributed by atoms with Crippen molar-refractivity contribution in [3.63, 3.8) is 0 Å². The fourth-order valence-electron chi connectivity index (χ4n) is 13.9. The van der Waals surface area contributed by atoms with Crippen LogP contribution < -0.4 is 47.7 Å². The van der Waals surface area contributed by atoms with Crippen LogP contribution in [-0.4, -0.2) is 94.7 Å². The Balaban J connectivity index is 0.000000169. The third kappa shape index (κ3) is 31.9. The van der Waals surface area contributed by atoms with E-state index >= 15 is 0 Å². The van der Waals surface area contributed by atoms with Crippen LogP contribution in [-0.2, 0) is 78.8 Å². The summed E-state index contributed by atoms with van der Waals surface area (Å²) in [5.74, 6) is -5.35. The molecule has 2 aliphatic rings. The summed E-state index contributed by atoms with van der Waals surface area (Å²) in [6, 6.07) is 131. The molecular formula is C108H109IN2O13P4. The first-order valence-corrected chi connectivity index (χ1v) is 50.8. The number of ketones is 1. The molecule has 20 heteroatoms. The number of hydrogen-bond donors (Lipinski definition) is 0. The van der Waals surface area contributed by atoms with Crippen molar-refractivity contribution in [2.24, 2.45) is 11.8 Å². The quantitative estimate of drug-likeness (QED) is 0.0218. The van der Waals surface area contributed by atoms with Gasteiger partial charge in [-0.05, 0) is 148 Å². The first-order chi connectivity index (χ1) is 62.0. The van der Waals surface area contributed by atoms with Gasteiger partial charge in [0.1, 0.15) is 49.7 Å². The zero-order chi connectivity index (χ0) is 90.9. The van der Waals surface area contributed by atoms with Crippen LogP contribution in [0.4, 0.5) is 9.59 Å². The van der Waals surface area contributed by atoms with Gasteiger partial charge >= 0.3 is 36.1 Å². The molecule has 13 aromatic rings. The second kappa shape index (κ2) is 51.8. The molecule has 0 spiro atoms. The highest BCUT2D eigenvalue weighted by atomic mass is 127. The maximum Gasteiger partial charge on any atom is 0.411 e. The Hall–Kier alpha value is -11.9. The van der Waals surface area contributed by atoms with Gasteiger partial charge in [0.15, 0.2) is 5.78 Å². The number of piperidine rings is 2. The van der Waals surface area contributed by atoms with Crippen LogP contribution in [0.15, 0.2) is 406 Å². The van der Waals surface area contributed by atoms with Gasteiger partial charge in [-0.2, -0.15) is 0 Å². The fourth-order valence-corrected chi connectivity index (χ4v) is 20.8. The van der Waals surface area contributed by atoms with Crippen molar-refractivity contribution >= 4 is 142 Å². The normalized spacial score (nSPS) is 14.6. The van der Waals surface area contributed by atoms with Crippen LogP contribution in [0.1, 0.15) is 76.6 Å². The van der Waals surface area contributed by atoms with E-state index in [2.05, 4.69) is 308 Å². The minimum absolute atomic E-state index is 0.0189. The summed E-state index contributed by atoms with van der Waals surface area (Å²) in [6.07, 6.45) is -0.574. The molecule has 0 aromatic heterocycles. The highest BCUT2D eigenvalue weighted by Gasteiger charge is 2.50. The van der Waals surface area contributed by atoms with Gasteiger partial charge < -0.3 is 28.4 Å². The minimum Gasteiger partial charge on any atom is -0.460 e. The SMILES string of the molecule is C=C1C[C@H](C(=O)OC(C)(C)C)[C@@H](C(=O)OCc2ccccc2)N(C(=O)OCc2ccccc2)C1.CC(C)(C)OC(=O)[C@H]1CC(=O)CN(C(=O)OCc2ccccc2)[C@@H]1C(=O)OCc1ccccc1.CPI.c1ccc(P(c2ccccc2)c2ccccc2)cc1.c1ccc(P(c2ccccc2)c2ccccc2)cc1.c1ccc(P(c2ccccc2)c2ccccc2)cc1. The number of likely N-dealkylation sites (tertiary alicyclic amines) is 2. The predicted octanol–water partition coefficient (Wildman–Crippen LogP) is 20.3. The van der Waals surface area contributed by atoms with Crippen molar-refractivity contribution in [2.45, 2.75) is 104 Å². The number of carbonyl (C=O) groups is 7. The molecule has 0 aliphatic carbocycles. The standard InChI is InChI=1S/C27H31NO6.C26H29NO7.3C18H15P.CH4IP/c1-19-15-22(24(29)34-27(2,3)4)23(25(30)32-17-20-11-7-5-8-12-20)28(16-19)26(31)33-18-21-13-9-6-10-14-21;1-26(2,3)34-23(29)21-14-20(28)15-27(25(31)33-17-19-12-8-5-9-13-19)22(21)24(30)32-16-18-10-6-4-7-11-18;3*1-4-10-16(11-5-1)19(17-12-6-2-7-13-17)18-14-8-3-9-15-18;1-3-2/h5-14,22-23H,1,15-18H2,2-4H3;4-13,21-22H,14-17H2,1-3H3;3*1-15H;3H,1H3/t22-,23-;21-,22-;;;;/m00..../s1. The smallest absolute Gasteiger partial charge is 0.411 e. The van der Waals surface area contributed by atoms with E-state index in [4.69, 9.17) is 28.4 Å². The van der Waals surface area contributed by atoms with Crippen LogP contribution in [0, 0.1) is 11.8 Å². The van der Waals surface area contributed by atoms with Crippen molar-refractivity contribution in [2.75, 3.05) is 19.8 Å². The molecule has 2 amide bonds. The third-order valence-electron chi connectivity index (χ3n) is 19.5. The van der Waals surface area contributed by atoms with Crippen molar-refractivity contribution in [3.05, 3.63) is 429 Å². The van der Waals surface area contributed by atoms with E-state index < -0.39 is 95.0 Å². The number of rotatable bonds is 21. The summed E-state index contributed by atoms with van der Waals surface area (Å²) in [6.45, 7) is 16.1. The number of amides is 2. The molecule has 15 nitrogen and oxygen atoms in total. The number of Topliss-reactive ketones (excluding diaryl/α,β-unsaturated/α-hetero) is 1. The van der Waals surface area contributed by atoms with Crippen molar-refractivity contribution < 1.29 is 62.0 Å². The number of esters is 4. The summed E-state index contributed by atoms with van der Waals surface area (Å²) in [7, 11) is -1.34. The molecule has 15 rings (SSSR count). The topological polar surface area (TPSA) is 181 Å². The largest absolute Gasteiger partial charge is 0.460 e. The second-order valence-corrected chi connectivity index (χ2v) is 41.9. The lowest BCUT2D eigenvalue weighted by atomic mass is 9.86. The number of halogens is 1. The van der Waals surface area contributed by atoms with E-state index in [1.54, 1.807) is 90.1 Å². The van der Waals surface area contributed by atoms with Crippen molar-refractivity contribution in [1.29, 1.82) is 0 Å². The second-order valence-electron chi connectivity index (χ2n) is 31.6. The van der Waals surface area contributed by atoms with Crippen LogP contribution in [0.25, 0.3) is 0 Å². The molecule has 656 valence electrons. The fraction of sp³-hybridized carbons (Fsp3) is 0.194. The lowest BCUT2D eigenvalue weighted by Gasteiger charge is -2.39. The van der Waals surface area contributed by atoms with Gasteiger partial charge in [-0.1, -0.05) is 435 Å². The Morgan fingerprint density at radius 1 is 0.312 bits per heavy atom. The summed E-state index contributed by atoms with van der Waals surface area (Å²) in [5.41, 5.74) is 2.11. The number of carbonyl (C=O) groups excluding carboxylic acids is 7. The van der Waals surface area contributed by atoms with Gasteiger partial charge in [0, 0.05) is 13.0 Å². The third-order valence-corrected chi connectivity index (χ3v) is 26.8. The van der Waals surface area contributed by atoms with E-state index in [1.807, 2.05) is 72.8 Å². The molecule has 0 radical (unpaired) electrons. The van der Waals surface area contributed by atoms with Crippen LogP contribution in [0.5, 0.6) is 0 Å². The van der Waals surface area contributed by atoms with Gasteiger partial charge in [-0.15, -0.1) is 0 Å². The number of hydrogen-bond acceptors (Lipinski definition) is 13. The Kier molecular flexibility index (Phi) is 39.8. The van der Waals surface area contributed by atoms with E-state index in [-0.39, 0.29) is 58.1 Å². The first kappa shape index (κ1) is 98.3. The van der Waals surface area contributed by atoms with E-state index in [1.165, 1.54) is 52.6 Å². The Labute approximate surface area is 772 Å². The highest BCUT2D eigenvalue weighted by Crippen LogP contribution is 2.37. The van der Waals surface area contributed by atoms with Gasteiger partial charge in [0.25, 0.3) is 0 Å². The molecule has 2 saturated heterocycles. The summed E-state index contributed by atoms with van der Waals surface area (Å²) < 4.78 is 32.8. The lowest BCUT2D eigenvalue weighted by Crippen LogP contribution is -2.58. The number of nitrogens with zero attached hydrogens (tertiary/aromatic N) is 2. The molecule has 0 saturated carbocycles. The maximum atomic E-state index is 13.2. The van der Waals surface area contributed by atoms with E-state index in [0.717, 1.165) is 33.4 Å². The summed E-state index contributed by atoms with van der Waals surface area (Å²) in [5, 5.41) is 12.6. The minimum atomic E-state index is -1.35. The molecule has 0 bridgehead atoms. The van der Waals surface area contributed by atoms with Gasteiger partial charge in [0.05, 0.1) is 18.4 Å². The molecule has 0 N–H and O–H groups in total.